The van der Waals surface area contributed by atoms with Crippen molar-refractivity contribution in [2.45, 2.75) is 29.4 Å². The van der Waals surface area contributed by atoms with Crippen LogP contribution in [-0.4, -0.2) is 70.9 Å². The summed E-state index contributed by atoms with van der Waals surface area (Å²) in [6, 6.07) is 2.72. The molecule has 3 rings (SSSR count). The van der Waals surface area contributed by atoms with E-state index in [1.807, 2.05) is 0 Å². The first-order valence-electron chi connectivity index (χ1n) is 8.35. The number of carbonyl (C=O) groups is 2. The number of carbonyl (C=O) groups excluding carboxylic acids is 2. The number of alkyl halides is 3. The van der Waals surface area contributed by atoms with Crippen molar-refractivity contribution in [3.63, 3.8) is 0 Å². The van der Waals surface area contributed by atoms with Crippen LogP contribution < -0.4 is 5.32 Å². The molecule has 0 saturated carbocycles. The van der Waals surface area contributed by atoms with Gasteiger partial charge in [0.05, 0.1) is 12.1 Å². The van der Waals surface area contributed by atoms with Crippen LogP contribution in [0.2, 0.25) is 0 Å². The van der Waals surface area contributed by atoms with Crippen LogP contribution in [-0.2, 0) is 4.79 Å². The lowest BCUT2D eigenvalue weighted by molar-refractivity contribution is -0.135. The molecule has 1 aromatic heterocycles. The highest BCUT2D eigenvalue weighted by Crippen LogP contribution is 2.37. The van der Waals surface area contributed by atoms with E-state index in [9.17, 15) is 22.8 Å². The molecule has 0 spiro atoms. The highest BCUT2D eigenvalue weighted by Gasteiger charge is 2.35. The van der Waals surface area contributed by atoms with Gasteiger partial charge in [-0.25, -0.2) is 4.98 Å². The zero-order valence-electron chi connectivity index (χ0n) is 14.0. The fraction of sp³-hybridized carbons (Fsp3) is 0.562. The topological polar surface area (TPSA) is 65.5 Å². The second-order valence-corrected chi connectivity index (χ2v) is 7.27. The highest BCUT2D eigenvalue weighted by molar-refractivity contribution is 8.00. The molecule has 1 atom stereocenters. The number of nitrogens with one attached hydrogen (secondary N) is 1. The fourth-order valence-electron chi connectivity index (χ4n) is 3.32. The van der Waals surface area contributed by atoms with Gasteiger partial charge in [-0.3, -0.25) is 9.59 Å². The number of hydrogen-bond donors (Lipinski definition) is 1. The third kappa shape index (κ3) is 4.47. The Morgan fingerprint density at radius 1 is 1.35 bits per heavy atom. The number of thioether (sulfide) groups is 1. The standard InChI is InChI=1S/C16H19F3N4O2S/c17-16(18,19)26-14-12(4-1-5-21-14)15(25)22-7-2-3-11(10-22)23-8-6-20-9-13(23)24/h1,4-5,11,20H,2-3,6-10H2. The van der Waals surface area contributed by atoms with Gasteiger partial charge < -0.3 is 15.1 Å². The monoisotopic (exact) mass is 388 g/mol. The van der Waals surface area contributed by atoms with Crippen molar-refractivity contribution in [2.24, 2.45) is 0 Å². The molecule has 3 heterocycles. The van der Waals surface area contributed by atoms with Crippen molar-refractivity contribution >= 4 is 23.6 Å². The maximum Gasteiger partial charge on any atom is 0.447 e. The van der Waals surface area contributed by atoms with Gasteiger partial charge in [0.25, 0.3) is 5.91 Å². The van der Waals surface area contributed by atoms with Gasteiger partial charge in [0.2, 0.25) is 5.91 Å². The summed E-state index contributed by atoms with van der Waals surface area (Å²) in [5.41, 5.74) is -4.57. The van der Waals surface area contributed by atoms with Crippen LogP contribution >= 0.6 is 11.8 Å². The molecule has 1 N–H and O–H groups in total. The minimum Gasteiger partial charge on any atom is -0.336 e. The SMILES string of the molecule is O=C(c1cccnc1SC(F)(F)F)N1CCCC(N2CCNCC2=O)C1. The molecule has 0 aromatic carbocycles. The molecule has 2 saturated heterocycles. The van der Waals surface area contributed by atoms with Crippen LogP contribution in [0, 0.1) is 0 Å². The van der Waals surface area contributed by atoms with Gasteiger partial charge in [-0.2, -0.15) is 13.2 Å². The third-order valence-corrected chi connectivity index (χ3v) is 5.21. The number of likely N-dealkylation sites (tertiary alicyclic amines) is 1. The Hall–Kier alpha value is -1.81. The number of hydrogen-bond acceptors (Lipinski definition) is 5. The van der Waals surface area contributed by atoms with Crippen molar-refractivity contribution in [1.29, 1.82) is 0 Å². The van der Waals surface area contributed by atoms with Gasteiger partial charge >= 0.3 is 5.51 Å². The molecule has 26 heavy (non-hydrogen) atoms. The first kappa shape index (κ1) is 19.0. The van der Waals surface area contributed by atoms with Crippen molar-refractivity contribution in [2.75, 3.05) is 32.7 Å². The number of rotatable bonds is 3. The zero-order chi connectivity index (χ0) is 18.7. The van der Waals surface area contributed by atoms with Gasteiger partial charge in [0.1, 0.15) is 5.03 Å². The Morgan fingerprint density at radius 2 is 2.15 bits per heavy atom. The molecule has 2 aliphatic rings. The van der Waals surface area contributed by atoms with E-state index in [2.05, 4.69) is 10.3 Å². The number of pyridine rings is 1. The quantitative estimate of drug-likeness (QED) is 0.799. The molecule has 0 aliphatic carbocycles. The summed E-state index contributed by atoms with van der Waals surface area (Å²) in [5.74, 6) is -0.484. The van der Waals surface area contributed by atoms with Crippen LogP contribution in [0.5, 0.6) is 0 Å². The minimum atomic E-state index is -4.51. The highest BCUT2D eigenvalue weighted by atomic mass is 32.2. The third-order valence-electron chi connectivity index (χ3n) is 4.46. The van der Waals surface area contributed by atoms with Crippen molar-refractivity contribution in [3.05, 3.63) is 23.9 Å². The summed E-state index contributed by atoms with van der Waals surface area (Å²) in [5, 5.41) is 2.66. The molecule has 1 aromatic rings. The second kappa shape index (κ2) is 7.83. The normalized spacial score (nSPS) is 21.8. The smallest absolute Gasteiger partial charge is 0.336 e. The molecular weight excluding hydrogens is 369 g/mol. The minimum absolute atomic E-state index is 0.00903. The molecule has 10 heteroatoms. The van der Waals surface area contributed by atoms with Crippen molar-refractivity contribution in [3.8, 4) is 0 Å². The lowest BCUT2D eigenvalue weighted by Crippen LogP contribution is -2.57. The zero-order valence-corrected chi connectivity index (χ0v) is 14.8. The molecule has 2 fully saturated rings. The Morgan fingerprint density at radius 3 is 2.88 bits per heavy atom. The van der Waals surface area contributed by atoms with E-state index in [0.717, 1.165) is 6.42 Å². The fourth-order valence-corrected chi connectivity index (χ4v) is 3.91. The maximum atomic E-state index is 12.8. The first-order chi connectivity index (χ1) is 12.3. The molecule has 6 nitrogen and oxygen atoms in total. The van der Waals surface area contributed by atoms with Gasteiger partial charge in [-0.05, 0) is 25.0 Å². The molecule has 0 bridgehead atoms. The Kier molecular flexibility index (Phi) is 5.71. The molecule has 2 aliphatic heterocycles. The summed E-state index contributed by atoms with van der Waals surface area (Å²) in [7, 11) is 0. The lowest BCUT2D eigenvalue weighted by atomic mass is 10.0. The number of piperidine rings is 1. The molecule has 1 unspecified atom stereocenters. The lowest BCUT2D eigenvalue weighted by Gasteiger charge is -2.41. The molecule has 2 amide bonds. The number of nitrogens with zero attached hydrogens (tertiary/aromatic N) is 3. The Labute approximate surface area is 153 Å². The maximum absolute atomic E-state index is 12.8. The Bertz CT molecular complexity index is 686. The van der Waals surface area contributed by atoms with E-state index >= 15 is 0 Å². The van der Waals surface area contributed by atoms with E-state index in [-0.39, 0.29) is 40.8 Å². The van der Waals surface area contributed by atoms with Gasteiger partial charge in [0.15, 0.2) is 0 Å². The largest absolute Gasteiger partial charge is 0.447 e. The van der Waals surface area contributed by atoms with Crippen LogP contribution in [0.25, 0.3) is 0 Å². The van der Waals surface area contributed by atoms with Gasteiger partial charge in [-0.15, -0.1) is 0 Å². The van der Waals surface area contributed by atoms with E-state index in [4.69, 9.17) is 0 Å². The predicted octanol–water partition coefficient (Wildman–Crippen LogP) is 1.73. The van der Waals surface area contributed by atoms with Gasteiger partial charge in [0, 0.05) is 50.2 Å². The van der Waals surface area contributed by atoms with E-state index in [0.29, 0.717) is 32.6 Å². The average Bonchev–Trinajstić information content (AvgIpc) is 2.61. The molecule has 142 valence electrons. The predicted molar refractivity (Wildman–Crippen MR) is 89.7 cm³/mol. The number of piperazine rings is 1. The van der Waals surface area contributed by atoms with Crippen molar-refractivity contribution < 1.29 is 22.8 Å². The van der Waals surface area contributed by atoms with E-state index < -0.39 is 11.4 Å². The summed E-state index contributed by atoms with van der Waals surface area (Å²) in [6.07, 6.45) is 2.73. The first-order valence-corrected chi connectivity index (χ1v) is 9.17. The van der Waals surface area contributed by atoms with Crippen LogP contribution in [0.3, 0.4) is 0 Å². The van der Waals surface area contributed by atoms with E-state index in [1.54, 1.807) is 4.90 Å². The summed E-state index contributed by atoms with van der Waals surface area (Å²) in [4.78, 5) is 31.9. The van der Waals surface area contributed by atoms with Crippen LogP contribution in [0.4, 0.5) is 13.2 Å². The van der Waals surface area contributed by atoms with Crippen LogP contribution in [0.15, 0.2) is 23.4 Å². The van der Waals surface area contributed by atoms with Gasteiger partial charge in [-0.1, -0.05) is 0 Å². The summed E-state index contributed by atoms with van der Waals surface area (Å²) < 4.78 is 38.2. The summed E-state index contributed by atoms with van der Waals surface area (Å²) in [6.45, 7) is 2.34. The Balaban J connectivity index is 1.74. The second-order valence-electron chi connectivity index (χ2n) is 6.22. The summed E-state index contributed by atoms with van der Waals surface area (Å²) >= 11 is -0.382. The number of halogens is 3. The van der Waals surface area contributed by atoms with Crippen LogP contribution in [0.1, 0.15) is 23.2 Å². The average molecular weight is 388 g/mol. The molecule has 0 radical (unpaired) electrons. The number of amides is 2. The number of aromatic nitrogens is 1. The van der Waals surface area contributed by atoms with Crippen molar-refractivity contribution in [1.82, 2.24) is 20.1 Å². The molecular formula is C16H19F3N4O2S. The van der Waals surface area contributed by atoms with E-state index in [1.165, 1.54) is 23.2 Å².